The van der Waals surface area contributed by atoms with Gasteiger partial charge >= 0.3 is 0 Å². The number of hydrogen-bond acceptors (Lipinski definition) is 5. The van der Waals surface area contributed by atoms with Crippen LogP contribution in [0.15, 0.2) is 54.7 Å². The summed E-state index contributed by atoms with van der Waals surface area (Å²) in [5, 5.41) is 2.90. The summed E-state index contributed by atoms with van der Waals surface area (Å²) in [6.07, 6.45) is 2.66. The van der Waals surface area contributed by atoms with Gasteiger partial charge in [-0.25, -0.2) is 4.98 Å². The Morgan fingerprint density at radius 2 is 1.76 bits per heavy atom. The summed E-state index contributed by atoms with van der Waals surface area (Å²) < 4.78 is 0. The topological polar surface area (TPSA) is 74.5 Å². The van der Waals surface area contributed by atoms with E-state index in [4.69, 9.17) is 5.73 Å². The molecule has 0 bridgehead atoms. The largest absolute Gasteiger partial charge is 0.383 e. The maximum Gasteiger partial charge on any atom is 0.251 e. The van der Waals surface area contributed by atoms with E-state index in [1.54, 1.807) is 0 Å². The number of nitrogens with zero attached hydrogens (tertiary/aromatic N) is 3. The van der Waals surface area contributed by atoms with Crippen molar-refractivity contribution in [2.24, 2.45) is 5.92 Å². The number of pyridine rings is 1. The average molecular weight is 456 g/mol. The van der Waals surface area contributed by atoms with Crippen LogP contribution < -0.4 is 16.0 Å². The summed E-state index contributed by atoms with van der Waals surface area (Å²) >= 11 is 0. The molecule has 1 aromatic heterocycles. The number of aromatic nitrogens is 1. The van der Waals surface area contributed by atoms with Gasteiger partial charge in [-0.3, -0.25) is 9.69 Å². The van der Waals surface area contributed by atoms with Crippen LogP contribution in [0, 0.1) is 5.92 Å². The van der Waals surface area contributed by atoms with Gasteiger partial charge in [0.1, 0.15) is 5.82 Å². The number of likely N-dealkylation sites (N-methyl/N-ethyl adjacent to an activating group) is 1. The molecule has 3 heterocycles. The molecule has 0 saturated carbocycles. The van der Waals surface area contributed by atoms with Gasteiger partial charge in [-0.15, -0.1) is 0 Å². The molecule has 1 amide bonds. The number of amides is 1. The third kappa shape index (κ3) is 4.26. The number of piperazine rings is 1. The zero-order chi connectivity index (χ0) is 23.8. The minimum Gasteiger partial charge on any atom is -0.383 e. The van der Waals surface area contributed by atoms with Crippen molar-refractivity contribution >= 4 is 17.4 Å². The Hall–Kier alpha value is -3.38. The van der Waals surface area contributed by atoms with E-state index < -0.39 is 0 Å². The summed E-state index contributed by atoms with van der Waals surface area (Å²) in [7, 11) is 2.23. The first-order valence-electron chi connectivity index (χ1n) is 12.1. The fourth-order valence-corrected chi connectivity index (χ4v) is 5.18. The molecule has 1 fully saturated rings. The van der Waals surface area contributed by atoms with Gasteiger partial charge in [0.2, 0.25) is 0 Å². The van der Waals surface area contributed by atoms with Crippen LogP contribution in [0.2, 0.25) is 0 Å². The second-order valence-electron chi connectivity index (χ2n) is 9.82. The number of rotatable bonds is 4. The number of nitrogen functional groups attached to an aromatic ring is 1. The van der Waals surface area contributed by atoms with Crippen molar-refractivity contribution in [3.63, 3.8) is 0 Å². The molecule has 2 aliphatic heterocycles. The van der Waals surface area contributed by atoms with Gasteiger partial charge in [0.25, 0.3) is 5.91 Å². The van der Waals surface area contributed by atoms with Crippen LogP contribution >= 0.6 is 0 Å². The van der Waals surface area contributed by atoms with E-state index in [-0.39, 0.29) is 5.91 Å². The zero-order valence-corrected chi connectivity index (χ0v) is 20.2. The molecule has 1 saturated heterocycles. The van der Waals surface area contributed by atoms with E-state index in [0.29, 0.717) is 24.3 Å². The second kappa shape index (κ2) is 9.11. The Labute approximate surface area is 201 Å². The number of hydrogen-bond donors (Lipinski definition) is 2. The normalized spacial score (nSPS) is 18.6. The molecular formula is C28H33N5O. The molecule has 176 valence electrons. The first-order chi connectivity index (χ1) is 16.4. The molecule has 2 aromatic carbocycles. The number of nitrogens with two attached hydrogens (primary N) is 1. The Morgan fingerprint density at radius 1 is 1.00 bits per heavy atom. The lowest BCUT2D eigenvalue weighted by Gasteiger charge is -2.42. The highest BCUT2D eigenvalue weighted by Crippen LogP contribution is 2.32. The molecule has 34 heavy (non-hydrogen) atoms. The van der Waals surface area contributed by atoms with Gasteiger partial charge in [0.15, 0.2) is 0 Å². The number of benzene rings is 2. The van der Waals surface area contributed by atoms with Crippen LogP contribution in [0.25, 0.3) is 22.3 Å². The second-order valence-corrected chi connectivity index (χ2v) is 9.82. The van der Waals surface area contributed by atoms with E-state index in [1.807, 2.05) is 18.3 Å². The van der Waals surface area contributed by atoms with Crippen LogP contribution in [-0.2, 0) is 6.42 Å². The van der Waals surface area contributed by atoms with Crippen molar-refractivity contribution in [1.29, 1.82) is 0 Å². The lowest BCUT2D eigenvalue weighted by molar-refractivity contribution is 0.0946. The van der Waals surface area contributed by atoms with Crippen molar-refractivity contribution < 1.29 is 4.79 Å². The van der Waals surface area contributed by atoms with Gasteiger partial charge in [-0.1, -0.05) is 38.1 Å². The molecular weight excluding hydrogens is 422 g/mol. The lowest BCUT2D eigenvalue weighted by Crippen LogP contribution is -2.53. The van der Waals surface area contributed by atoms with Crippen molar-refractivity contribution in [1.82, 2.24) is 15.2 Å². The van der Waals surface area contributed by atoms with Crippen LogP contribution in [0.3, 0.4) is 0 Å². The van der Waals surface area contributed by atoms with E-state index in [2.05, 4.69) is 77.4 Å². The van der Waals surface area contributed by atoms with Crippen molar-refractivity contribution in [2.75, 3.05) is 43.9 Å². The number of carbonyl (C=O) groups is 1. The summed E-state index contributed by atoms with van der Waals surface area (Å²) in [4.78, 5) is 21.6. The summed E-state index contributed by atoms with van der Waals surface area (Å²) in [6.45, 7) is 8.45. The van der Waals surface area contributed by atoms with Crippen LogP contribution in [0.1, 0.15) is 29.8 Å². The highest BCUT2D eigenvalue weighted by atomic mass is 16.1. The summed E-state index contributed by atoms with van der Waals surface area (Å²) in [5.74, 6) is 1.12. The van der Waals surface area contributed by atoms with Gasteiger partial charge in [-0.05, 0) is 60.3 Å². The molecule has 6 nitrogen and oxygen atoms in total. The summed E-state index contributed by atoms with van der Waals surface area (Å²) in [6, 6.07) is 17.4. The third-order valence-corrected chi connectivity index (χ3v) is 7.29. The van der Waals surface area contributed by atoms with Crippen LogP contribution in [0.4, 0.5) is 11.5 Å². The SMILES string of the molecule is CC(C)C1CN(c2ccc(-c3cnc(N)c(-c4ccc5c(c4)CCNC5=O)c3)cc2)CCN1C. The highest BCUT2D eigenvalue weighted by Gasteiger charge is 2.26. The first kappa shape index (κ1) is 22.4. The van der Waals surface area contributed by atoms with E-state index in [0.717, 1.165) is 59.4 Å². The van der Waals surface area contributed by atoms with Crippen molar-refractivity contribution in [3.05, 3.63) is 65.9 Å². The van der Waals surface area contributed by atoms with Gasteiger partial charge in [0, 0.05) is 60.8 Å². The molecule has 3 aromatic rings. The molecule has 0 spiro atoms. The van der Waals surface area contributed by atoms with Crippen LogP contribution in [-0.4, -0.2) is 55.1 Å². The molecule has 6 heteroatoms. The Morgan fingerprint density at radius 3 is 2.53 bits per heavy atom. The van der Waals surface area contributed by atoms with E-state index in [1.165, 1.54) is 5.69 Å². The first-order valence-corrected chi connectivity index (χ1v) is 12.1. The Kier molecular flexibility index (Phi) is 6.00. The number of anilines is 2. The number of nitrogens with one attached hydrogen (secondary N) is 1. The quantitative estimate of drug-likeness (QED) is 0.621. The Balaban J connectivity index is 1.40. The van der Waals surface area contributed by atoms with Gasteiger partial charge in [0.05, 0.1) is 0 Å². The van der Waals surface area contributed by atoms with Crippen LogP contribution in [0.5, 0.6) is 0 Å². The van der Waals surface area contributed by atoms with Gasteiger partial charge in [-0.2, -0.15) is 0 Å². The maximum atomic E-state index is 12.1. The average Bonchev–Trinajstić information content (AvgIpc) is 2.84. The molecule has 0 radical (unpaired) electrons. The molecule has 0 aliphatic carbocycles. The highest BCUT2D eigenvalue weighted by molar-refractivity contribution is 5.97. The standard InChI is InChI=1S/C28H33N5O/c1-18(2)26-17-33(13-12-32(26)3)23-7-4-19(5-8-23)22-15-25(27(29)31-16-22)20-6-9-24-21(14-20)10-11-30-28(24)34/h4-9,14-16,18,26H,10-13,17H2,1-3H3,(H2,29,31)(H,30,34). The molecule has 1 unspecified atom stereocenters. The fraction of sp³-hybridized carbons (Fsp3) is 0.357. The minimum absolute atomic E-state index is 0.00666. The van der Waals surface area contributed by atoms with E-state index >= 15 is 0 Å². The monoisotopic (exact) mass is 455 g/mol. The van der Waals surface area contributed by atoms with E-state index in [9.17, 15) is 4.79 Å². The predicted octanol–water partition coefficient (Wildman–Crippen LogP) is 4.06. The van der Waals surface area contributed by atoms with Crippen molar-refractivity contribution in [2.45, 2.75) is 26.3 Å². The lowest BCUT2D eigenvalue weighted by atomic mass is 9.94. The maximum absolute atomic E-state index is 12.1. The number of fused-ring (bicyclic) bond motifs is 1. The zero-order valence-electron chi connectivity index (χ0n) is 20.2. The Bertz CT molecular complexity index is 1200. The minimum atomic E-state index is -0.00666. The molecule has 2 aliphatic rings. The summed E-state index contributed by atoms with van der Waals surface area (Å²) in [5.41, 5.74) is 13.4. The van der Waals surface area contributed by atoms with Gasteiger partial charge < -0.3 is 16.0 Å². The molecule has 1 atom stereocenters. The van der Waals surface area contributed by atoms with Crippen molar-refractivity contribution in [3.8, 4) is 22.3 Å². The fourth-order valence-electron chi connectivity index (χ4n) is 5.18. The molecule has 3 N–H and O–H groups in total. The number of carbonyl (C=O) groups excluding carboxylic acids is 1. The molecule has 5 rings (SSSR count). The third-order valence-electron chi connectivity index (χ3n) is 7.29. The smallest absolute Gasteiger partial charge is 0.251 e. The predicted molar refractivity (Wildman–Crippen MR) is 139 cm³/mol.